The molecule has 0 aromatic heterocycles. The quantitative estimate of drug-likeness (QED) is 0.0199. The molecule has 0 radical (unpaired) electrons. The number of aliphatic hydroxyl groups excluding tert-OH is 11. The zero-order valence-corrected chi connectivity index (χ0v) is 61.7. The Balaban J connectivity index is 1.37. The highest BCUT2D eigenvalue weighted by molar-refractivity contribution is 5.76. The molecule has 17 unspecified atom stereocenters. The van der Waals surface area contributed by atoms with E-state index in [0.717, 1.165) is 70.6 Å². The molecule has 3 heterocycles. The SMILES string of the molecule is CC/C=C\C/C=C\C/C=C\C/C=C\CCCCCCCCCCCCCCCCCCCCC(=O)NC(COC1OC(CO)C(OC2OC(CO)C(OC3OC(CO)C(O)C(O)C3O)C(O)C2O)C(O)C1O)C(O)/C=C/CCCCCCCCCCCCCCCCCCCCCCC. The van der Waals surface area contributed by atoms with Crippen LogP contribution in [0.2, 0.25) is 0 Å². The lowest BCUT2D eigenvalue weighted by Crippen LogP contribution is -2.66. The van der Waals surface area contributed by atoms with Gasteiger partial charge >= 0.3 is 0 Å². The number of amides is 1. The molecule has 578 valence electrons. The number of carbonyl (C=O) groups is 1. The Hall–Kier alpha value is -2.51. The molecule has 12 N–H and O–H groups in total. The number of unbranched alkanes of at least 4 members (excludes halogenated alkanes) is 39. The van der Waals surface area contributed by atoms with E-state index in [1.54, 1.807) is 6.08 Å². The van der Waals surface area contributed by atoms with Crippen LogP contribution < -0.4 is 5.32 Å². The molecule has 19 nitrogen and oxygen atoms in total. The molecule has 0 aromatic carbocycles. The number of aliphatic hydroxyl groups is 11. The van der Waals surface area contributed by atoms with E-state index in [0.29, 0.717) is 6.42 Å². The van der Waals surface area contributed by atoms with Crippen molar-refractivity contribution in [1.82, 2.24) is 5.32 Å². The van der Waals surface area contributed by atoms with Crippen LogP contribution in [0.1, 0.15) is 309 Å². The Labute approximate surface area is 598 Å². The van der Waals surface area contributed by atoms with Crippen LogP contribution in [-0.2, 0) is 33.2 Å². The van der Waals surface area contributed by atoms with Crippen LogP contribution >= 0.6 is 0 Å². The molecule has 3 fully saturated rings. The van der Waals surface area contributed by atoms with Crippen LogP contribution in [0.5, 0.6) is 0 Å². The highest BCUT2D eigenvalue weighted by Crippen LogP contribution is 2.33. The molecular weight excluding hydrogens is 1260 g/mol. The third kappa shape index (κ3) is 41.1. The zero-order chi connectivity index (χ0) is 71.8. The maximum Gasteiger partial charge on any atom is 0.220 e. The second-order valence-corrected chi connectivity index (χ2v) is 28.5. The number of allylic oxidation sites excluding steroid dienone is 9. The van der Waals surface area contributed by atoms with Crippen molar-refractivity contribution in [2.75, 3.05) is 26.4 Å². The normalized spacial score (nSPS) is 26.9. The van der Waals surface area contributed by atoms with Crippen molar-refractivity contribution in [1.29, 1.82) is 0 Å². The first-order chi connectivity index (χ1) is 48.3. The van der Waals surface area contributed by atoms with E-state index < -0.39 is 124 Å². The fourth-order valence-corrected chi connectivity index (χ4v) is 13.4. The lowest BCUT2D eigenvalue weighted by atomic mass is 9.96. The van der Waals surface area contributed by atoms with Gasteiger partial charge in [0.15, 0.2) is 18.9 Å². The summed E-state index contributed by atoms with van der Waals surface area (Å²) in [5, 5.41) is 121. The summed E-state index contributed by atoms with van der Waals surface area (Å²) in [7, 11) is 0. The molecule has 0 spiro atoms. The summed E-state index contributed by atoms with van der Waals surface area (Å²) in [6.45, 7) is 1.66. The fourth-order valence-electron chi connectivity index (χ4n) is 13.4. The van der Waals surface area contributed by atoms with Crippen LogP contribution in [0.15, 0.2) is 60.8 Å². The second-order valence-electron chi connectivity index (χ2n) is 28.5. The number of ether oxygens (including phenoxy) is 6. The van der Waals surface area contributed by atoms with Crippen molar-refractivity contribution >= 4 is 5.91 Å². The van der Waals surface area contributed by atoms with E-state index in [-0.39, 0.29) is 18.9 Å². The van der Waals surface area contributed by atoms with E-state index in [1.165, 1.54) is 212 Å². The van der Waals surface area contributed by atoms with Gasteiger partial charge in [0.25, 0.3) is 0 Å². The third-order valence-electron chi connectivity index (χ3n) is 19.8. The first kappa shape index (κ1) is 90.7. The van der Waals surface area contributed by atoms with Gasteiger partial charge in [0, 0.05) is 6.42 Å². The Bertz CT molecular complexity index is 2020. The van der Waals surface area contributed by atoms with Gasteiger partial charge in [0.2, 0.25) is 5.91 Å². The Morgan fingerprint density at radius 1 is 0.374 bits per heavy atom. The Kier molecular flexibility index (Phi) is 55.6. The summed E-state index contributed by atoms with van der Waals surface area (Å²) in [6.07, 6.45) is 50.6. The first-order valence-corrected chi connectivity index (χ1v) is 40.0. The van der Waals surface area contributed by atoms with E-state index in [2.05, 4.69) is 67.8 Å². The molecule has 99 heavy (non-hydrogen) atoms. The summed E-state index contributed by atoms with van der Waals surface area (Å²) in [5.41, 5.74) is 0. The van der Waals surface area contributed by atoms with Gasteiger partial charge in [0.1, 0.15) is 73.2 Å². The minimum Gasteiger partial charge on any atom is -0.394 e. The van der Waals surface area contributed by atoms with Crippen molar-refractivity contribution in [3.05, 3.63) is 60.8 Å². The topological polar surface area (TPSA) is 307 Å². The molecule has 0 bridgehead atoms. The first-order valence-electron chi connectivity index (χ1n) is 40.0. The standard InChI is InChI=1S/C80H145NO18/c1-3-5-7-9-11-13-15-17-19-21-23-25-27-28-29-30-31-32-33-34-36-38-40-42-44-46-48-50-52-54-56-58-68(86)81-63(64(85)57-55-53-51-49-47-45-43-41-39-37-35-26-24-22-20-18-16-14-12-10-8-6-4-2)62-94-78-74(92)71(89)76(66(60-83)96-78)99-80-75(93)72(90)77(67(61-84)97-80)98-79-73(91)70(88)69(87)65(59-82)95-79/h5,7,11,13,17,19,23,25,55,57,63-67,69-80,82-85,87-93H,3-4,6,8-10,12,14-16,18,20-22,24,26-54,56,58-62H2,1-2H3,(H,81,86)/b7-5-,13-11-,19-17-,25-23-,57-55+. The van der Waals surface area contributed by atoms with Gasteiger partial charge in [-0.05, 0) is 57.8 Å². The molecule has 0 aliphatic carbocycles. The van der Waals surface area contributed by atoms with Gasteiger partial charge in [-0.3, -0.25) is 4.79 Å². The van der Waals surface area contributed by atoms with Crippen LogP contribution in [0, 0.1) is 0 Å². The number of hydrogen-bond donors (Lipinski definition) is 12. The average Bonchev–Trinajstić information content (AvgIpc) is 0.577. The number of rotatable bonds is 63. The van der Waals surface area contributed by atoms with Crippen molar-refractivity contribution in [2.24, 2.45) is 0 Å². The molecule has 0 aromatic rings. The van der Waals surface area contributed by atoms with E-state index in [4.69, 9.17) is 28.4 Å². The van der Waals surface area contributed by atoms with Gasteiger partial charge in [0.05, 0.1) is 38.6 Å². The molecule has 3 aliphatic rings. The highest BCUT2D eigenvalue weighted by atomic mass is 16.8. The predicted molar refractivity (Wildman–Crippen MR) is 392 cm³/mol. The maximum absolute atomic E-state index is 13.5. The van der Waals surface area contributed by atoms with Crippen LogP contribution in [0.4, 0.5) is 0 Å². The summed E-state index contributed by atoms with van der Waals surface area (Å²) >= 11 is 0. The van der Waals surface area contributed by atoms with Crippen molar-refractivity contribution < 1.29 is 89.4 Å². The molecule has 17 atom stereocenters. The third-order valence-corrected chi connectivity index (χ3v) is 19.8. The summed E-state index contributed by atoms with van der Waals surface area (Å²) in [6, 6.07) is -0.975. The van der Waals surface area contributed by atoms with E-state index in [9.17, 15) is 61.0 Å². The van der Waals surface area contributed by atoms with Gasteiger partial charge in [-0.25, -0.2) is 0 Å². The van der Waals surface area contributed by atoms with Crippen molar-refractivity contribution in [3.63, 3.8) is 0 Å². The summed E-state index contributed by atoms with van der Waals surface area (Å²) in [5.74, 6) is -0.272. The highest BCUT2D eigenvalue weighted by Gasteiger charge is 2.54. The largest absolute Gasteiger partial charge is 0.394 e. The molecular formula is C80H145NO18. The van der Waals surface area contributed by atoms with Crippen molar-refractivity contribution in [2.45, 2.75) is 413 Å². The minimum atomic E-state index is -1.98. The smallest absolute Gasteiger partial charge is 0.220 e. The molecule has 3 rings (SSSR count). The minimum absolute atomic E-state index is 0.244. The Morgan fingerprint density at radius 3 is 1.09 bits per heavy atom. The maximum atomic E-state index is 13.5. The molecule has 19 heteroatoms. The van der Waals surface area contributed by atoms with Gasteiger partial charge in [-0.15, -0.1) is 0 Å². The average molecular weight is 1410 g/mol. The zero-order valence-electron chi connectivity index (χ0n) is 61.7. The van der Waals surface area contributed by atoms with Gasteiger partial charge < -0.3 is 89.9 Å². The van der Waals surface area contributed by atoms with Gasteiger partial charge in [-0.2, -0.15) is 0 Å². The molecule has 3 saturated heterocycles. The van der Waals surface area contributed by atoms with Crippen molar-refractivity contribution in [3.8, 4) is 0 Å². The predicted octanol–water partition coefficient (Wildman–Crippen LogP) is 13.1. The molecule has 3 aliphatic heterocycles. The molecule has 1 amide bonds. The Morgan fingerprint density at radius 2 is 0.697 bits per heavy atom. The second kappa shape index (κ2) is 60.7. The lowest BCUT2D eigenvalue weighted by Gasteiger charge is -2.48. The van der Waals surface area contributed by atoms with Crippen LogP contribution in [0.25, 0.3) is 0 Å². The van der Waals surface area contributed by atoms with Crippen LogP contribution in [-0.4, -0.2) is 193 Å². The number of nitrogens with one attached hydrogen (secondary N) is 1. The molecule has 0 saturated carbocycles. The number of carbonyl (C=O) groups excluding carboxylic acids is 1. The van der Waals surface area contributed by atoms with Crippen LogP contribution in [0.3, 0.4) is 0 Å². The van der Waals surface area contributed by atoms with Gasteiger partial charge in [-0.1, -0.05) is 306 Å². The summed E-state index contributed by atoms with van der Waals surface area (Å²) < 4.78 is 34.5. The lowest BCUT2D eigenvalue weighted by molar-refractivity contribution is -0.379. The summed E-state index contributed by atoms with van der Waals surface area (Å²) in [4.78, 5) is 13.5. The van der Waals surface area contributed by atoms with E-state index in [1.807, 2.05) is 6.08 Å². The number of hydrogen-bond acceptors (Lipinski definition) is 18. The monoisotopic (exact) mass is 1410 g/mol. The van der Waals surface area contributed by atoms with E-state index >= 15 is 0 Å². The fraction of sp³-hybridized carbons (Fsp3) is 0.863.